The summed E-state index contributed by atoms with van der Waals surface area (Å²) in [4.78, 5) is 24.5. The molecule has 5 heteroatoms. The molecule has 3 unspecified atom stereocenters. The number of hydrogen-bond donors (Lipinski definition) is 2. The molecule has 0 aromatic rings. The van der Waals surface area contributed by atoms with Gasteiger partial charge in [-0.15, -0.1) is 0 Å². The van der Waals surface area contributed by atoms with E-state index in [4.69, 9.17) is 5.73 Å². The molecule has 1 saturated heterocycles. The summed E-state index contributed by atoms with van der Waals surface area (Å²) in [6, 6.07) is -0.433. The second kappa shape index (κ2) is 4.87. The summed E-state index contributed by atoms with van der Waals surface area (Å²) in [5.41, 5.74) is 5.41. The number of imide groups is 1. The van der Waals surface area contributed by atoms with Crippen molar-refractivity contribution < 1.29 is 14.8 Å². The minimum Gasteiger partial charge on any atom is -0.327 e. The van der Waals surface area contributed by atoms with E-state index in [1.54, 1.807) is 0 Å². The second-order valence-corrected chi connectivity index (χ2v) is 7.65. The zero-order valence-electron chi connectivity index (χ0n) is 12.7. The van der Waals surface area contributed by atoms with Gasteiger partial charge in [0.1, 0.15) is 0 Å². The molecule has 1 aliphatic heterocycles. The molecular formula is C14H26N2O3. The number of rotatable bonds is 0. The Morgan fingerprint density at radius 3 is 1.89 bits per heavy atom. The summed E-state index contributed by atoms with van der Waals surface area (Å²) in [6.07, 6.45) is 0.410. The molecule has 0 aromatic carbocycles. The summed E-state index contributed by atoms with van der Waals surface area (Å²) >= 11 is 0. The van der Waals surface area contributed by atoms with Crippen LogP contribution in [-0.4, -0.2) is 28.1 Å². The van der Waals surface area contributed by atoms with Crippen molar-refractivity contribution in [1.29, 1.82) is 0 Å². The van der Waals surface area contributed by atoms with Gasteiger partial charge in [-0.25, -0.2) is 0 Å². The maximum absolute atomic E-state index is 12.3. The van der Waals surface area contributed by atoms with Crippen molar-refractivity contribution in [3.63, 3.8) is 0 Å². The van der Waals surface area contributed by atoms with Crippen LogP contribution in [0, 0.1) is 22.7 Å². The molecule has 0 aliphatic carbocycles. The zero-order chi connectivity index (χ0) is 15.2. The average molecular weight is 270 g/mol. The minimum atomic E-state index is -0.586. The first-order valence-electron chi connectivity index (χ1n) is 6.69. The van der Waals surface area contributed by atoms with Gasteiger partial charge >= 0.3 is 0 Å². The van der Waals surface area contributed by atoms with Gasteiger partial charge in [0.15, 0.2) is 0 Å². The first-order valence-corrected chi connectivity index (χ1v) is 6.69. The van der Waals surface area contributed by atoms with E-state index in [1.165, 1.54) is 0 Å². The van der Waals surface area contributed by atoms with Crippen LogP contribution in [-0.2, 0) is 9.59 Å². The molecular weight excluding hydrogens is 244 g/mol. The molecule has 1 rings (SSSR count). The third-order valence-electron chi connectivity index (χ3n) is 3.90. The van der Waals surface area contributed by atoms with E-state index in [-0.39, 0.29) is 5.41 Å². The molecule has 1 heterocycles. The van der Waals surface area contributed by atoms with Gasteiger partial charge in [-0.05, 0) is 17.3 Å². The maximum atomic E-state index is 12.3. The predicted molar refractivity (Wildman–Crippen MR) is 72.1 cm³/mol. The Morgan fingerprint density at radius 2 is 1.53 bits per heavy atom. The van der Waals surface area contributed by atoms with E-state index in [1.807, 2.05) is 41.5 Å². The predicted octanol–water partition coefficient (Wildman–Crippen LogP) is 1.79. The fourth-order valence-corrected chi connectivity index (χ4v) is 2.82. The summed E-state index contributed by atoms with van der Waals surface area (Å²) in [5.74, 6) is -2.14. The van der Waals surface area contributed by atoms with E-state index in [0.29, 0.717) is 11.5 Å². The van der Waals surface area contributed by atoms with Gasteiger partial charge in [0.05, 0.1) is 5.92 Å². The van der Waals surface area contributed by atoms with Crippen molar-refractivity contribution in [2.75, 3.05) is 0 Å². The molecule has 0 radical (unpaired) electrons. The molecule has 0 bridgehead atoms. The fourth-order valence-electron chi connectivity index (χ4n) is 2.82. The van der Waals surface area contributed by atoms with Crippen LogP contribution in [0.3, 0.4) is 0 Å². The van der Waals surface area contributed by atoms with E-state index in [0.717, 1.165) is 0 Å². The normalized spacial score (nSPS) is 30.5. The van der Waals surface area contributed by atoms with E-state index in [9.17, 15) is 14.8 Å². The van der Waals surface area contributed by atoms with Crippen LogP contribution in [0.4, 0.5) is 0 Å². The molecule has 3 atom stereocenters. The van der Waals surface area contributed by atoms with Crippen molar-refractivity contribution >= 4 is 11.8 Å². The van der Waals surface area contributed by atoms with Gasteiger partial charge in [-0.1, -0.05) is 41.5 Å². The third kappa shape index (κ3) is 3.15. The van der Waals surface area contributed by atoms with Crippen molar-refractivity contribution in [2.24, 2.45) is 28.4 Å². The molecule has 19 heavy (non-hydrogen) atoms. The van der Waals surface area contributed by atoms with Crippen LogP contribution < -0.4 is 5.73 Å². The molecule has 1 aliphatic rings. The van der Waals surface area contributed by atoms with Gasteiger partial charge in [-0.2, -0.15) is 5.06 Å². The first kappa shape index (κ1) is 16.1. The second-order valence-electron chi connectivity index (χ2n) is 7.65. The maximum Gasteiger partial charge on any atom is 0.258 e. The Bertz CT molecular complexity index is 379. The standard InChI is InChI=1S/C14H26N2O3/c1-13(2,3)8-7-9(15)10(14(4,5)6)12(18)16(19)11(8)17/h8-10,19H,7,15H2,1-6H3. The van der Waals surface area contributed by atoms with Gasteiger partial charge < -0.3 is 5.73 Å². The Balaban J connectivity index is 3.22. The molecule has 110 valence electrons. The van der Waals surface area contributed by atoms with Crippen LogP contribution in [0.1, 0.15) is 48.0 Å². The molecule has 2 amide bonds. The highest BCUT2D eigenvalue weighted by atomic mass is 16.5. The fraction of sp³-hybridized carbons (Fsp3) is 0.857. The number of hydroxylamine groups is 2. The van der Waals surface area contributed by atoms with Crippen LogP contribution in [0.2, 0.25) is 0 Å². The van der Waals surface area contributed by atoms with E-state index >= 15 is 0 Å². The smallest absolute Gasteiger partial charge is 0.258 e. The summed E-state index contributed by atoms with van der Waals surface area (Å²) in [7, 11) is 0. The van der Waals surface area contributed by atoms with Gasteiger partial charge in [-0.3, -0.25) is 14.8 Å². The topological polar surface area (TPSA) is 83.6 Å². The number of nitrogens with zero attached hydrogens (tertiary/aromatic N) is 1. The number of nitrogens with two attached hydrogens (primary N) is 1. The number of carbonyl (C=O) groups excluding carboxylic acids is 2. The summed E-state index contributed by atoms with van der Waals surface area (Å²) < 4.78 is 0. The van der Waals surface area contributed by atoms with Gasteiger partial charge in [0, 0.05) is 12.0 Å². The number of hydrogen-bond acceptors (Lipinski definition) is 4. The average Bonchev–Trinajstić information content (AvgIpc) is 2.27. The van der Waals surface area contributed by atoms with Crippen molar-refractivity contribution in [3.05, 3.63) is 0 Å². The lowest BCUT2D eigenvalue weighted by Gasteiger charge is -2.33. The molecule has 0 saturated carbocycles. The monoisotopic (exact) mass is 270 g/mol. The minimum absolute atomic E-state index is 0.290. The van der Waals surface area contributed by atoms with E-state index in [2.05, 4.69) is 0 Å². The van der Waals surface area contributed by atoms with Crippen molar-refractivity contribution in [2.45, 2.75) is 54.0 Å². The zero-order valence-corrected chi connectivity index (χ0v) is 12.7. The lowest BCUT2D eigenvalue weighted by molar-refractivity contribution is -0.186. The van der Waals surface area contributed by atoms with Crippen LogP contribution >= 0.6 is 0 Å². The van der Waals surface area contributed by atoms with Crippen LogP contribution in [0.5, 0.6) is 0 Å². The summed E-state index contributed by atoms with van der Waals surface area (Å²) in [6.45, 7) is 11.4. The van der Waals surface area contributed by atoms with Crippen molar-refractivity contribution in [3.8, 4) is 0 Å². The largest absolute Gasteiger partial charge is 0.327 e. The molecule has 0 aromatic heterocycles. The van der Waals surface area contributed by atoms with Gasteiger partial charge in [0.2, 0.25) is 0 Å². The highest BCUT2D eigenvalue weighted by Gasteiger charge is 2.48. The Hall–Kier alpha value is -0.940. The third-order valence-corrected chi connectivity index (χ3v) is 3.90. The first-order chi connectivity index (χ1) is 8.37. The van der Waals surface area contributed by atoms with Crippen LogP contribution in [0.15, 0.2) is 0 Å². The molecule has 0 spiro atoms. The summed E-state index contributed by atoms with van der Waals surface area (Å²) in [5, 5.41) is 10.2. The Kier molecular flexibility index (Phi) is 4.13. The quantitative estimate of drug-likeness (QED) is 0.519. The van der Waals surface area contributed by atoms with Crippen molar-refractivity contribution in [1.82, 2.24) is 5.06 Å². The highest BCUT2D eigenvalue weighted by molar-refractivity contribution is 5.97. The van der Waals surface area contributed by atoms with E-state index < -0.39 is 35.1 Å². The van der Waals surface area contributed by atoms with Crippen LogP contribution in [0.25, 0.3) is 0 Å². The molecule has 5 nitrogen and oxygen atoms in total. The number of carbonyl (C=O) groups is 2. The number of amides is 2. The lowest BCUT2D eigenvalue weighted by atomic mass is 9.71. The Labute approximate surface area is 115 Å². The molecule has 3 N–H and O–H groups in total. The SMILES string of the molecule is CC(C)(C)C1CC(N)C(C(C)(C)C)C(=O)N(O)C1=O. The Morgan fingerprint density at radius 1 is 1.05 bits per heavy atom. The molecule has 1 fully saturated rings. The van der Waals surface area contributed by atoms with Gasteiger partial charge in [0.25, 0.3) is 11.8 Å². The lowest BCUT2D eigenvalue weighted by Crippen LogP contribution is -2.47. The highest BCUT2D eigenvalue weighted by Crippen LogP contribution is 2.39.